The van der Waals surface area contributed by atoms with Crippen molar-refractivity contribution in [2.45, 2.75) is 11.0 Å². The van der Waals surface area contributed by atoms with Crippen molar-refractivity contribution < 1.29 is 9.50 Å². The zero-order valence-corrected chi connectivity index (χ0v) is 10.2. The summed E-state index contributed by atoms with van der Waals surface area (Å²) < 4.78 is 15.0. The van der Waals surface area contributed by atoms with Crippen LogP contribution in [-0.2, 0) is 7.05 Å². The number of rotatable bonds is 4. The van der Waals surface area contributed by atoms with Crippen LogP contribution in [0.5, 0.6) is 0 Å². The number of aliphatic hydroxyl groups is 1. The minimum atomic E-state index is -0.631. The third kappa shape index (κ3) is 3.08. The van der Waals surface area contributed by atoms with Crippen LogP contribution in [0.15, 0.2) is 41.6 Å². The quantitative estimate of drug-likeness (QED) is 0.849. The highest BCUT2D eigenvalue weighted by Crippen LogP contribution is 2.26. The summed E-state index contributed by atoms with van der Waals surface area (Å²) in [6.07, 6.45) is 2.74. The molecule has 0 spiro atoms. The summed E-state index contributed by atoms with van der Waals surface area (Å²) in [6.45, 7) is 0. The van der Waals surface area contributed by atoms with E-state index < -0.39 is 6.10 Å². The Balaban J connectivity index is 1.97. The summed E-state index contributed by atoms with van der Waals surface area (Å²) in [5.74, 6) is 0.156. The molecule has 0 amide bonds. The van der Waals surface area contributed by atoms with E-state index in [0.717, 1.165) is 5.56 Å². The molecule has 1 atom stereocenters. The molecule has 3 nitrogen and oxygen atoms in total. The maximum absolute atomic E-state index is 13.3. The fourth-order valence-corrected chi connectivity index (χ4v) is 2.35. The normalized spacial score (nSPS) is 12.6. The summed E-state index contributed by atoms with van der Waals surface area (Å²) in [5.41, 5.74) is 0.747. The van der Waals surface area contributed by atoms with E-state index in [2.05, 4.69) is 5.10 Å². The highest BCUT2D eigenvalue weighted by atomic mass is 32.2. The summed E-state index contributed by atoms with van der Waals surface area (Å²) in [4.78, 5) is 0.551. The van der Waals surface area contributed by atoms with E-state index >= 15 is 0 Å². The van der Waals surface area contributed by atoms with Crippen LogP contribution in [0.4, 0.5) is 4.39 Å². The third-order valence-electron chi connectivity index (χ3n) is 2.34. The number of aliphatic hydroxyl groups excluding tert-OH is 1. The Morgan fingerprint density at radius 3 is 2.88 bits per heavy atom. The first kappa shape index (κ1) is 12.1. The van der Waals surface area contributed by atoms with Crippen molar-refractivity contribution in [2.24, 2.45) is 7.05 Å². The number of halogens is 1. The first-order valence-corrected chi connectivity index (χ1v) is 6.19. The molecular formula is C12H13FN2OS. The van der Waals surface area contributed by atoms with Gasteiger partial charge in [0.2, 0.25) is 0 Å². The van der Waals surface area contributed by atoms with Crippen molar-refractivity contribution in [3.63, 3.8) is 0 Å². The molecule has 5 heteroatoms. The fourth-order valence-electron chi connectivity index (χ4n) is 1.44. The van der Waals surface area contributed by atoms with Crippen LogP contribution >= 0.6 is 11.8 Å². The second-order valence-electron chi connectivity index (χ2n) is 3.70. The Bertz CT molecular complexity index is 501. The van der Waals surface area contributed by atoms with Crippen LogP contribution < -0.4 is 0 Å². The van der Waals surface area contributed by atoms with Crippen LogP contribution in [0, 0.1) is 5.82 Å². The molecule has 2 rings (SSSR count). The molecule has 17 heavy (non-hydrogen) atoms. The Morgan fingerprint density at radius 2 is 2.24 bits per heavy atom. The highest BCUT2D eigenvalue weighted by Gasteiger charge is 2.11. The average molecular weight is 252 g/mol. The van der Waals surface area contributed by atoms with E-state index in [4.69, 9.17) is 0 Å². The first-order valence-electron chi connectivity index (χ1n) is 5.21. The molecule has 0 aliphatic carbocycles. The van der Waals surface area contributed by atoms with Gasteiger partial charge in [-0.1, -0.05) is 12.1 Å². The molecule has 90 valence electrons. The monoisotopic (exact) mass is 252 g/mol. The van der Waals surface area contributed by atoms with Gasteiger partial charge >= 0.3 is 0 Å². The lowest BCUT2D eigenvalue weighted by molar-refractivity contribution is 0.204. The van der Waals surface area contributed by atoms with E-state index in [1.807, 2.05) is 0 Å². The smallest absolute Gasteiger partial charge is 0.136 e. The lowest BCUT2D eigenvalue weighted by Gasteiger charge is -2.08. The number of aryl methyl sites for hydroxylation is 1. The van der Waals surface area contributed by atoms with Crippen LogP contribution in [0.1, 0.15) is 11.7 Å². The lowest BCUT2D eigenvalue weighted by atomic mass is 10.2. The molecule has 0 bridgehead atoms. The number of hydrogen-bond acceptors (Lipinski definition) is 3. The van der Waals surface area contributed by atoms with Gasteiger partial charge in [-0.15, -0.1) is 11.8 Å². The molecule has 0 aliphatic heterocycles. The van der Waals surface area contributed by atoms with Gasteiger partial charge < -0.3 is 5.11 Å². The van der Waals surface area contributed by atoms with E-state index in [1.54, 1.807) is 42.3 Å². The number of thioether (sulfide) groups is 1. The molecule has 1 aromatic carbocycles. The van der Waals surface area contributed by atoms with Gasteiger partial charge in [0.15, 0.2) is 0 Å². The topological polar surface area (TPSA) is 38.0 Å². The largest absolute Gasteiger partial charge is 0.387 e. The highest BCUT2D eigenvalue weighted by molar-refractivity contribution is 7.99. The minimum absolute atomic E-state index is 0.254. The SMILES string of the molecule is Cn1cc(C(O)CSc2ccccc2F)cn1. The predicted molar refractivity (Wildman–Crippen MR) is 65.3 cm³/mol. The summed E-state index contributed by atoms with van der Waals surface area (Å²) in [5, 5.41) is 13.9. The molecule has 0 saturated carbocycles. The van der Waals surface area contributed by atoms with Gasteiger partial charge in [-0.25, -0.2) is 4.39 Å². The van der Waals surface area contributed by atoms with Crippen molar-refractivity contribution in [2.75, 3.05) is 5.75 Å². The van der Waals surface area contributed by atoms with Crippen molar-refractivity contribution in [3.8, 4) is 0 Å². The van der Waals surface area contributed by atoms with E-state index in [-0.39, 0.29) is 5.82 Å². The molecule has 0 aliphatic rings. The second kappa shape index (κ2) is 5.33. The Hall–Kier alpha value is -1.33. The zero-order valence-electron chi connectivity index (χ0n) is 9.38. The van der Waals surface area contributed by atoms with E-state index in [0.29, 0.717) is 10.6 Å². The zero-order chi connectivity index (χ0) is 12.3. The van der Waals surface area contributed by atoms with Gasteiger partial charge in [-0.3, -0.25) is 4.68 Å². The molecule has 1 aromatic heterocycles. The summed E-state index contributed by atoms with van der Waals surface area (Å²) in [7, 11) is 1.79. The Kier molecular flexibility index (Phi) is 3.81. The van der Waals surface area contributed by atoms with E-state index in [9.17, 15) is 9.50 Å². The predicted octanol–water partition coefficient (Wildman–Crippen LogP) is 2.38. The van der Waals surface area contributed by atoms with Crippen LogP contribution in [-0.4, -0.2) is 20.6 Å². The Labute approximate surface area is 103 Å². The summed E-state index contributed by atoms with van der Waals surface area (Å²) in [6, 6.07) is 6.55. The van der Waals surface area contributed by atoms with E-state index in [1.165, 1.54) is 17.8 Å². The molecule has 1 unspecified atom stereocenters. The van der Waals surface area contributed by atoms with Crippen molar-refractivity contribution in [3.05, 3.63) is 48.0 Å². The number of nitrogens with zero attached hydrogens (tertiary/aromatic N) is 2. The van der Waals surface area contributed by atoms with Gasteiger partial charge in [0.25, 0.3) is 0 Å². The average Bonchev–Trinajstić information content (AvgIpc) is 2.74. The standard InChI is InChI=1S/C12H13FN2OS/c1-15-7-9(6-14-15)11(16)8-17-12-5-3-2-4-10(12)13/h2-7,11,16H,8H2,1H3. The first-order chi connectivity index (χ1) is 8.16. The van der Waals surface area contributed by atoms with Crippen molar-refractivity contribution in [1.82, 2.24) is 9.78 Å². The molecular weight excluding hydrogens is 239 g/mol. The number of aromatic nitrogens is 2. The second-order valence-corrected chi connectivity index (χ2v) is 4.77. The van der Waals surface area contributed by atoms with Crippen molar-refractivity contribution >= 4 is 11.8 Å². The molecule has 0 radical (unpaired) electrons. The number of hydrogen-bond donors (Lipinski definition) is 1. The van der Waals surface area contributed by atoms with Gasteiger partial charge in [-0.05, 0) is 12.1 Å². The van der Waals surface area contributed by atoms with Gasteiger partial charge in [0.05, 0.1) is 12.3 Å². The molecule has 0 fully saturated rings. The molecule has 0 saturated heterocycles. The maximum atomic E-state index is 13.3. The van der Waals surface area contributed by atoms with Gasteiger partial charge in [0.1, 0.15) is 5.82 Å². The van der Waals surface area contributed by atoms with Crippen molar-refractivity contribution in [1.29, 1.82) is 0 Å². The van der Waals surface area contributed by atoms with Crippen LogP contribution in [0.3, 0.4) is 0 Å². The fraction of sp³-hybridized carbons (Fsp3) is 0.250. The molecule has 2 aromatic rings. The molecule has 1 N–H and O–H groups in total. The number of benzene rings is 1. The van der Waals surface area contributed by atoms with Crippen LogP contribution in [0.2, 0.25) is 0 Å². The van der Waals surface area contributed by atoms with Gasteiger partial charge in [0, 0.05) is 29.5 Å². The summed E-state index contributed by atoms with van der Waals surface area (Å²) >= 11 is 1.30. The maximum Gasteiger partial charge on any atom is 0.136 e. The lowest BCUT2D eigenvalue weighted by Crippen LogP contribution is -1.99. The van der Waals surface area contributed by atoms with Crippen LogP contribution in [0.25, 0.3) is 0 Å². The van der Waals surface area contributed by atoms with Gasteiger partial charge in [-0.2, -0.15) is 5.10 Å². The minimum Gasteiger partial charge on any atom is -0.387 e. The molecule has 1 heterocycles. The Morgan fingerprint density at radius 1 is 1.47 bits per heavy atom. The third-order valence-corrected chi connectivity index (χ3v) is 3.47.